The minimum absolute atomic E-state index is 0.188. The second kappa shape index (κ2) is 7.31. The average molecular weight is 277 g/mol. The summed E-state index contributed by atoms with van der Waals surface area (Å²) in [5, 5.41) is 4.02. The van der Waals surface area contributed by atoms with Crippen molar-refractivity contribution >= 4 is 11.8 Å². The molecule has 1 aromatic heterocycles. The molecular formula is C14H19N3OS. The Bertz CT molecular complexity index is 486. The zero-order valence-corrected chi connectivity index (χ0v) is 11.9. The van der Waals surface area contributed by atoms with Crippen molar-refractivity contribution in [2.24, 2.45) is 5.73 Å². The molecule has 5 heteroatoms. The van der Waals surface area contributed by atoms with Crippen molar-refractivity contribution in [3.8, 4) is 0 Å². The normalized spacial score (nSPS) is 12.5. The maximum atomic E-state index is 5.73. The molecule has 0 aliphatic heterocycles. The van der Waals surface area contributed by atoms with Crippen LogP contribution in [0.25, 0.3) is 0 Å². The van der Waals surface area contributed by atoms with Gasteiger partial charge in [-0.1, -0.05) is 36.7 Å². The molecule has 0 fully saturated rings. The molecule has 1 aromatic carbocycles. The largest absolute Gasteiger partial charge is 0.339 e. The first-order chi connectivity index (χ1) is 9.33. The number of nitrogens with two attached hydrogens (primary N) is 1. The molecule has 0 aliphatic carbocycles. The Morgan fingerprint density at radius 1 is 1.32 bits per heavy atom. The fourth-order valence-corrected chi connectivity index (χ4v) is 2.61. The number of aromatic nitrogens is 2. The molecule has 0 bridgehead atoms. The number of hydrogen-bond donors (Lipinski definition) is 1. The molecule has 0 aliphatic rings. The highest BCUT2D eigenvalue weighted by Crippen LogP contribution is 2.23. The van der Waals surface area contributed by atoms with Crippen molar-refractivity contribution < 1.29 is 4.52 Å². The van der Waals surface area contributed by atoms with E-state index in [9.17, 15) is 0 Å². The topological polar surface area (TPSA) is 64.9 Å². The average Bonchev–Trinajstić information content (AvgIpc) is 2.92. The SMILES string of the molecule is CCCC(CN)c1nc(CSc2ccccc2)no1. The van der Waals surface area contributed by atoms with Gasteiger partial charge in [0.1, 0.15) is 0 Å². The third-order valence-electron chi connectivity index (χ3n) is 2.87. The van der Waals surface area contributed by atoms with Crippen molar-refractivity contribution in [3.05, 3.63) is 42.0 Å². The molecule has 2 rings (SSSR count). The predicted molar refractivity (Wildman–Crippen MR) is 77.0 cm³/mol. The lowest BCUT2D eigenvalue weighted by Crippen LogP contribution is -2.12. The van der Waals surface area contributed by atoms with Crippen molar-refractivity contribution in [2.45, 2.75) is 36.3 Å². The summed E-state index contributed by atoms with van der Waals surface area (Å²) >= 11 is 1.70. The van der Waals surface area contributed by atoms with Gasteiger partial charge in [0, 0.05) is 11.4 Å². The van der Waals surface area contributed by atoms with Gasteiger partial charge in [0.15, 0.2) is 5.82 Å². The molecule has 1 heterocycles. The molecule has 0 amide bonds. The minimum atomic E-state index is 0.188. The van der Waals surface area contributed by atoms with E-state index >= 15 is 0 Å². The smallest absolute Gasteiger partial charge is 0.231 e. The molecule has 1 unspecified atom stereocenters. The van der Waals surface area contributed by atoms with Crippen LogP contribution in [-0.2, 0) is 5.75 Å². The van der Waals surface area contributed by atoms with Crippen molar-refractivity contribution in [3.63, 3.8) is 0 Å². The number of hydrogen-bond acceptors (Lipinski definition) is 5. The number of thioether (sulfide) groups is 1. The van der Waals surface area contributed by atoms with Crippen LogP contribution >= 0.6 is 11.8 Å². The van der Waals surface area contributed by atoms with Crippen LogP contribution in [0, 0.1) is 0 Å². The molecule has 0 spiro atoms. The van der Waals surface area contributed by atoms with Crippen LogP contribution in [0.2, 0.25) is 0 Å². The Kier molecular flexibility index (Phi) is 5.42. The molecule has 1 atom stereocenters. The summed E-state index contributed by atoms with van der Waals surface area (Å²) in [6.07, 6.45) is 2.06. The molecular weight excluding hydrogens is 258 g/mol. The fourth-order valence-electron chi connectivity index (χ4n) is 1.85. The van der Waals surface area contributed by atoms with E-state index in [1.807, 2.05) is 18.2 Å². The fraction of sp³-hybridized carbons (Fsp3) is 0.429. The van der Waals surface area contributed by atoms with Crippen LogP contribution in [0.3, 0.4) is 0 Å². The van der Waals surface area contributed by atoms with E-state index in [-0.39, 0.29) is 5.92 Å². The Labute approximate surface area is 117 Å². The molecule has 2 N–H and O–H groups in total. The van der Waals surface area contributed by atoms with Crippen molar-refractivity contribution in [1.29, 1.82) is 0 Å². The van der Waals surface area contributed by atoms with Crippen molar-refractivity contribution in [1.82, 2.24) is 10.1 Å². The second-order valence-corrected chi connectivity index (χ2v) is 5.42. The lowest BCUT2D eigenvalue weighted by Gasteiger charge is -2.06. The summed E-state index contributed by atoms with van der Waals surface area (Å²) < 4.78 is 5.30. The standard InChI is InChI=1S/C14H19N3OS/c1-2-6-11(9-15)14-16-13(17-18-14)10-19-12-7-4-3-5-8-12/h3-5,7-8,11H,2,6,9-10,15H2,1H3. The lowest BCUT2D eigenvalue weighted by atomic mass is 10.0. The Hall–Kier alpha value is -1.33. The summed E-state index contributed by atoms with van der Waals surface area (Å²) in [6.45, 7) is 2.69. The third kappa shape index (κ3) is 4.08. The summed E-state index contributed by atoms with van der Waals surface area (Å²) in [5.41, 5.74) is 5.73. The molecule has 0 saturated heterocycles. The van der Waals surface area contributed by atoms with Crippen LogP contribution in [-0.4, -0.2) is 16.7 Å². The van der Waals surface area contributed by atoms with Crippen molar-refractivity contribution in [2.75, 3.05) is 6.54 Å². The molecule has 2 aromatic rings. The first kappa shape index (κ1) is 14.1. The van der Waals surface area contributed by atoms with E-state index in [1.165, 1.54) is 4.90 Å². The van der Waals surface area contributed by atoms with E-state index < -0.39 is 0 Å². The lowest BCUT2D eigenvalue weighted by molar-refractivity contribution is 0.344. The van der Waals surface area contributed by atoms with Gasteiger partial charge in [-0.05, 0) is 18.6 Å². The van der Waals surface area contributed by atoms with Gasteiger partial charge >= 0.3 is 0 Å². The number of benzene rings is 1. The van der Waals surface area contributed by atoms with Crippen LogP contribution in [0.15, 0.2) is 39.8 Å². The van der Waals surface area contributed by atoms with E-state index in [2.05, 4.69) is 29.2 Å². The maximum absolute atomic E-state index is 5.73. The third-order valence-corrected chi connectivity index (χ3v) is 3.87. The summed E-state index contributed by atoms with van der Waals surface area (Å²) in [6, 6.07) is 10.2. The molecule has 19 heavy (non-hydrogen) atoms. The van der Waals surface area contributed by atoms with Crippen LogP contribution in [0.5, 0.6) is 0 Å². The summed E-state index contributed by atoms with van der Waals surface area (Å²) in [5.74, 6) is 2.32. The summed E-state index contributed by atoms with van der Waals surface area (Å²) in [7, 11) is 0. The van der Waals surface area contributed by atoms with E-state index in [0.717, 1.165) is 24.4 Å². The van der Waals surface area contributed by atoms with Gasteiger partial charge in [-0.3, -0.25) is 0 Å². The van der Waals surface area contributed by atoms with Crippen LogP contribution < -0.4 is 5.73 Å². The first-order valence-corrected chi connectivity index (χ1v) is 7.52. The van der Waals surface area contributed by atoms with Gasteiger partial charge in [-0.15, -0.1) is 11.8 Å². The van der Waals surface area contributed by atoms with Gasteiger partial charge in [-0.2, -0.15) is 4.98 Å². The highest BCUT2D eigenvalue weighted by Gasteiger charge is 2.16. The maximum Gasteiger partial charge on any atom is 0.231 e. The molecule has 102 valence electrons. The summed E-state index contributed by atoms with van der Waals surface area (Å²) in [4.78, 5) is 5.64. The van der Waals surface area contributed by atoms with Gasteiger partial charge < -0.3 is 10.3 Å². The minimum Gasteiger partial charge on any atom is -0.339 e. The Balaban J connectivity index is 1.93. The van der Waals surface area contributed by atoms with E-state index in [0.29, 0.717) is 12.4 Å². The molecule has 0 radical (unpaired) electrons. The monoisotopic (exact) mass is 277 g/mol. The van der Waals surface area contributed by atoms with Gasteiger partial charge in [0.25, 0.3) is 0 Å². The molecule has 0 saturated carbocycles. The van der Waals surface area contributed by atoms with E-state index in [4.69, 9.17) is 10.3 Å². The highest BCUT2D eigenvalue weighted by atomic mass is 32.2. The zero-order valence-electron chi connectivity index (χ0n) is 11.1. The predicted octanol–water partition coefficient (Wildman–Crippen LogP) is 3.20. The van der Waals surface area contributed by atoms with E-state index in [1.54, 1.807) is 11.8 Å². The first-order valence-electron chi connectivity index (χ1n) is 6.54. The quantitative estimate of drug-likeness (QED) is 0.787. The molecule has 4 nitrogen and oxygen atoms in total. The number of rotatable bonds is 7. The van der Waals surface area contributed by atoms with Crippen LogP contribution in [0.1, 0.15) is 37.4 Å². The second-order valence-electron chi connectivity index (χ2n) is 4.37. The Morgan fingerprint density at radius 2 is 2.11 bits per heavy atom. The van der Waals surface area contributed by atoms with Gasteiger partial charge in [0.2, 0.25) is 5.89 Å². The van der Waals surface area contributed by atoms with Gasteiger partial charge in [-0.25, -0.2) is 0 Å². The highest BCUT2D eigenvalue weighted by molar-refractivity contribution is 7.98. The zero-order chi connectivity index (χ0) is 13.5. The van der Waals surface area contributed by atoms with Crippen LogP contribution in [0.4, 0.5) is 0 Å². The van der Waals surface area contributed by atoms with Gasteiger partial charge in [0.05, 0.1) is 11.7 Å². The Morgan fingerprint density at radius 3 is 2.79 bits per heavy atom. The number of nitrogens with zero attached hydrogens (tertiary/aromatic N) is 2.